The highest BCUT2D eigenvalue weighted by atomic mass is 16.5. The van der Waals surface area contributed by atoms with Crippen molar-refractivity contribution in [1.82, 2.24) is 24.7 Å². The molecule has 0 bridgehead atoms. The summed E-state index contributed by atoms with van der Waals surface area (Å²) in [6, 6.07) is 8.50. The van der Waals surface area contributed by atoms with Gasteiger partial charge in [-0.1, -0.05) is 12.1 Å². The molecule has 1 aliphatic heterocycles. The second-order valence-corrected chi connectivity index (χ2v) is 6.67. The van der Waals surface area contributed by atoms with E-state index in [0.717, 1.165) is 53.2 Å². The maximum atomic E-state index is 5.95. The van der Waals surface area contributed by atoms with E-state index in [4.69, 9.17) is 4.74 Å². The number of aryl methyl sites for hydroxylation is 2. The van der Waals surface area contributed by atoms with Crippen molar-refractivity contribution in [1.29, 1.82) is 0 Å². The molecule has 0 unspecified atom stereocenters. The van der Waals surface area contributed by atoms with Gasteiger partial charge in [0.05, 0.1) is 23.9 Å². The van der Waals surface area contributed by atoms with Crippen molar-refractivity contribution in [3.63, 3.8) is 0 Å². The first kappa shape index (κ1) is 15.1. The third kappa shape index (κ3) is 2.54. The summed E-state index contributed by atoms with van der Waals surface area (Å²) in [5.41, 5.74) is 6.06. The summed E-state index contributed by atoms with van der Waals surface area (Å²) in [7, 11) is 1.89. The van der Waals surface area contributed by atoms with Gasteiger partial charge in [-0.25, -0.2) is 9.97 Å². The summed E-state index contributed by atoms with van der Waals surface area (Å²) in [4.78, 5) is 12.5. The molecule has 4 aromatic rings. The van der Waals surface area contributed by atoms with Gasteiger partial charge in [0, 0.05) is 25.0 Å². The van der Waals surface area contributed by atoms with Crippen LogP contribution in [0, 0.1) is 0 Å². The maximum absolute atomic E-state index is 5.95. The van der Waals surface area contributed by atoms with E-state index < -0.39 is 0 Å². The number of aromatic amines is 1. The molecule has 0 spiro atoms. The molecule has 5 rings (SSSR count). The standard InChI is InChI=1S/C20H19N5O/c1-25-12-15(11-22-25)19-23-18-16(7-8-21-20(18)24-19)14-6-5-13-4-2-3-9-26-17(13)10-14/h5-8,10-12H,2-4,9H2,1H3,(H,21,23,24). The maximum Gasteiger partial charge on any atom is 0.178 e. The SMILES string of the molecule is Cn1cc(-c2nc3nccc(-c4ccc5c(c4)OCCCC5)c3[nH]2)cn1. The Kier molecular flexibility index (Phi) is 3.48. The summed E-state index contributed by atoms with van der Waals surface area (Å²) >= 11 is 0. The van der Waals surface area contributed by atoms with E-state index in [0.29, 0.717) is 5.65 Å². The molecule has 4 heterocycles. The van der Waals surface area contributed by atoms with Gasteiger partial charge in [-0.3, -0.25) is 4.68 Å². The van der Waals surface area contributed by atoms with E-state index in [1.54, 1.807) is 17.1 Å². The smallest absolute Gasteiger partial charge is 0.178 e. The van der Waals surface area contributed by atoms with Crippen LogP contribution in [0.4, 0.5) is 0 Å². The van der Waals surface area contributed by atoms with Crippen LogP contribution in [-0.4, -0.2) is 31.3 Å². The Morgan fingerprint density at radius 2 is 2.12 bits per heavy atom. The van der Waals surface area contributed by atoms with E-state index in [1.807, 2.05) is 19.3 Å². The summed E-state index contributed by atoms with van der Waals surface area (Å²) in [6.07, 6.45) is 8.91. The molecule has 0 atom stereocenters. The van der Waals surface area contributed by atoms with Crippen molar-refractivity contribution < 1.29 is 4.74 Å². The normalized spacial score (nSPS) is 14.0. The molecule has 0 amide bonds. The van der Waals surface area contributed by atoms with Gasteiger partial charge in [0.2, 0.25) is 0 Å². The lowest BCUT2D eigenvalue weighted by atomic mass is 10.0. The van der Waals surface area contributed by atoms with E-state index >= 15 is 0 Å². The van der Waals surface area contributed by atoms with Gasteiger partial charge in [-0.15, -0.1) is 0 Å². The lowest BCUT2D eigenvalue weighted by molar-refractivity contribution is 0.317. The van der Waals surface area contributed by atoms with Crippen molar-refractivity contribution in [2.75, 3.05) is 6.61 Å². The molecule has 1 N–H and O–H groups in total. The van der Waals surface area contributed by atoms with Crippen LogP contribution in [0.15, 0.2) is 42.9 Å². The number of nitrogens with zero attached hydrogens (tertiary/aromatic N) is 4. The number of fused-ring (bicyclic) bond motifs is 2. The fourth-order valence-electron chi connectivity index (χ4n) is 3.49. The molecule has 0 radical (unpaired) electrons. The topological polar surface area (TPSA) is 68.6 Å². The van der Waals surface area contributed by atoms with Crippen molar-refractivity contribution >= 4 is 11.2 Å². The van der Waals surface area contributed by atoms with Gasteiger partial charge in [-0.2, -0.15) is 5.10 Å². The van der Waals surface area contributed by atoms with Gasteiger partial charge in [0.25, 0.3) is 0 Å². The summed E-state index contributed by atoms with van der Waals surface area (Å²) in [6.45, 7) is 0.789. The Bertz CT molecular complexity index is 1090. The third-order valence-electron chi connectivity index (χ3n) is 4.85. The van der Waals surface area contributed by atoms with Gasteiger partial charge < -0.3 is 9.72 Å². The minimum atomic E-state index is 0.706. The first-order valence-corrected chi connectivity index (χ1v) is 8.88. The van der Waals surface area contributed by atoms with Crippen molar-refractivity contribution in [3.8, 4) is 28.3 Å². The molecular weight excluding hydrogens is 326 g/mol. The molecule has 0 saturated heterocycles. The average molecular weight is 345 g/mol. The Morgan fingerprint density at radius 3 is 3.00 bits per heavy atom. The first-order chi connectivity index (χ1) is 12.8. The van der Waals surface area contributed by atoms with Crippen LogP contribution in [0.2, 0.25) is 0 Å². The van der Waals surface area contributed by atoms with Crippen LogP contribution in [-0.2, 0) is 13.5 Å². The molecule has 3 aromatic heterocycles. The van der Waals surface area contributed by atoms with Gasteiger partial charge in [0.15, 0.2) is 5.65 Å². The van der Waals surface area contributed by atoms with Crippen LogP contribution in [0.3, 0.4) is 0 Å². The number of hydrogen-bond acceptors (Lipinski definition) is 4. The van der Waals surface area contributed by atoms with E-state index in [-0.39, 0.29) is 0 Å². The molecule has 130 valence electrons. The van der Waals surface area contributed by atoms with Crippen molar-refractivity contribution in [3.05, 3.63) is 48.4 Å². The van der Waals surface area contributed by atoms with Gasteiger partial charge in [0.1, 0.15) is 11.6 Å². The summed E-state index contributed by atoms with van der Waals surface area (Å²) in [5, 5.41) is 4.22. The monoisotopic (exact) mass is 345 g/mol. The Balaban J connectivity index is 1.63. The number of hydrogen-bond donors (Lipinski definition) is 1. The number of pyridine rings is 1. The zero-order valence-corrected chi connectivity index (χ0v) is 14.6. The minimum Gasteiger partial charge on any atom is -0.493 e. The molecular formula is C20H19N5O. The fraction of sp³-hybridized carbons (Fsp3) is 0.250. The van der Waals surface area contributed by atoms with E-state index in [9.17, 15) is 0 Å². The molecule has 6 heteroatoms. The second kappa shape index (κ2) is 5.98. The molecule has 6 nitrogen and oxygen atoms in total. The highest BCUT2D eigenvalue weighted by molar-refractivity contribution is 5.91. The zero-order chi connectivity index (χ0) is 17.5. The number of benzene rings is 1. The number of ether oxygens (including phenoxy) is 1. The molecule has 26 heavy (non-hydrogen) atoms. The first-order valence-electron chi connectivity index (χ1n) is 8.88. The second-order valence-electron chi connectivity index (χ2n) is 6.67. The minimum absolute atomic E-state index is 0.706. The van der Waals surface area contributed by atoms with Crippen molar-refractivity contribution in [2.45, 2.75) is 19.3 Å². The molecule has 0 aliphatic carbocycles. The highest BCUT2D eigenvalue weighted by Crippen LogP contribution is 2.33. The van der Waals surface area contributed by atoms with E-state index in [1.165, 1.54) is 12.0 Å². The molecule has 1 aromatic carbocycles. The van der Waals surface area contributed by atoms with Gasteiger partial charge in [-0.05, 0) is 42.5 Å². The summed E-state index contributed by atoms with van der Waals surface area (Å²) in [5.74, 6) is 1.77. The Labute approximate surface area is 150 Å². The van der Waals surface area contributed by atoms with E-state index in [2.05, 4.69) is 38.2 Å². The number of aromatic nitrogens is 5. The molecule has 0 saturated carbocycles. The Morgan fingerprint density at radius 1 is 1.15 bits per heavy atom. The van der Waals surface area contributed by atoms with Crippen LogP contribution in [0.5, 0.6) is 5.75 Å². The number of nitrogens with one attached hydrogen (secondary N) is 1. The number of H-pyrrole nitrogens is 1. The highest BCUT2D eigenvalue weighted by Gasteiger charge is 2.15. The predicted octanol–water partition coefficient (Wildman–Crippen LogP) is 3.74. The van der Waals surface area contributed by atoms with Gasteiger partial charge >= 0.3 is 0 Å². The Hall–Kier alpha value is -3.15. The number of imidazole rings is 1. The number of rotatable bonds is 2. The lowest BCUT2D eigenvalue weighted by Gasteiger charge is -2.10. The predicted molar refractivity (Wildman–Crippen MR) is 100.0 cm³/mol. The fourth-order valence-corrected chi connectivity index (χ4v) is 3.49. The lowest BCUT2D eigenvalue weighted by Crippen LogP contribution is -1.95. The van der Waals surface area contributed by atoms with Crippen LogP contribution in [0.1, 0.15) is 18.4 Å². The quantitative estimate of drug-likeness (QED) is 0.601. The third-order valence-corrected chi connectivity index (χ3v) is 4.85. The van der Waals surface area contributed by atoms with Crippen molar-refractivity contribution in [2.24, 2.45) is 7.05 Å². The van der Waals surface area contributed by atoms with Crippen LogP contribution >= 0.6 is 0 Å². The zero-order valence-electron chi connectivity index (χ0n) is 14.6. The average Bonchev–Trinajstić information content (AvgIpc) is 3.20. The van der Waals surface area contributed by atoms with Crippen LogP contribution in [0.25, 0.3) is 33.7 Å². The molecule has 1 aliphatic rings. The summed E-state index contributed by atoms with van der Waals surface area (Å²) < 4.78 is 7.71. The molecule has 0 fully saturated rings. The van der Waals surface area contributed by atoms with Crippen LogP contribution < -0.4 is 4.74 Å². The largest absolute Gasteiger partial charge is 0.493 e.